The molecule has 0 aliphatic rings. The van der Waals surface area contributed by atoms with Crippen LogP contribution in [0.1, 0.15) is 19.7 Å². The van der Waals surface area contributed by atoms with Crippen LogP contribution >= 0.6 is 0 Å². The van der Waals surface area contributed by atoms with Crippen LogP contribution in [0.4, 0.5) is 19.0 Å². The molecule has 0 radical (unpaired) electrons. The van der Waals surface area contributed by atoms with E-state index in [4.69, 9.17) is 4.74 Å². The number of alkyl halides is 3. The van der Waals surface area contributed by atoms with E-state index in [0.717, 1.165) is 4.68 Å². The molecular formula is C16H18F3N7O2. The lowest BCUT2D eigenvalue weighted by Gasteiger charge is -2.11. The van der Waals surface area contributed by atoms with Crippen LogP contribution in [0.2, 0.25) is 0 Å². The molecule has 9 nitrogen and oxygen atoms in total. The highest BCUT2D eigenvalue weighted by Crippen LogP contribution is 2.30. The standard InChI is InChI=1S/C16H18F3N7O2/c1-9(2)28-11-4-5-12-13(6-11)26(8-16(17,18)19)22-15(12)20-14(27)7-25-10(3)21-23-24-25/h4-6,9H,7-8H2,1-3H3,(H,20,22,27). The van der Waals surface area contributed by atoms with Gasteiger partial charge in [0.1, 0.15) is 24.7 Å². The number of fused-ring (bicyclic) bond motifs is 1. The van der Waals surface area contributed by atoms with E-state index in [2.05, 4.69) is 25.9 Å². The van der Waals surface area contributed by atoms with E-state index >= 15 is 0 Å². The molecule has 0 atom stereocenters. The molecule has 2 heterocycles. The number of nitrogens with one attached hydrogen (secondary N) is 1. The number of carbonyl (C=O) groups is 1. The lowest BCUT2D eigenvalue weighted by Crippen LogP contribution is -2.21. The number of nitrogens with zero attached hydrogens (tertiary/aromatic N) is 6. The summed E-state index contributed by atoms with van der Waals surface area (Å²) in [7, 11) is 0. The van der Waals surface area contributed by atoms with Crippen molar-refractivity contribution in [3.63, 3.8) is 0 Å². The third-order valence-electron chi connectivity index (χ3n) is 3.69. The van der Waals surface area contributed by atoms with Crippen molar-refractivity contribution in [1.29, 1.82) is 0 Å². The van der Waals surface area contributed by atoms with E-state index in [-0.39, 0.29) is 24.0 Å². The quantitative estimate of drug-likeness (QED) is 0.685. The van der Waals surface area contributed by atoms with Gasteiger partial charge in [-0.2, -0.15) is 18.3 Å². The third-order valence-corrected chi connectivity index (χ3v) is 3.69. The molecule has 0 bridgehead atoms. The van der Waals surface area contributed by atoms with Gasteiger partial charge in [-0.05, 0) is 43.3 Å². The first kappa shape index (κ1) is 19.6. The fourth-order valence-electron chi connectivity index (χ4n) is 2.58. The molecule has 2 aromatic heterocycles. The molecule has 1 N–H and O–H groups in total. The number of hydrogen-bond donors (Lipinski definition) is 1. The molecule has 150 valence electrons. The van der Waals surface area contributed by atoms with Crippen LogP contribution in [0.5, 0.6) is 5.75 Å². The van der Waals surface area contributed by atoms with Crippen molar-refractivity contribution in [3.8, 4) is 5.75 Å². The summed E-state index contributed by atoms with van der Waals surface area (Å²) < 4.78 is 46.4. The minimum atomic E-state index is -4.47. The van der Waals surface area contributed by atoms with Crippen molar-refractivity contribution >= 4 is 22.6 Å². The van der Waals surface area contributed by atoms with Gasteiger partial charge in [0, 0.05) is 11.5 Å². The van der Waals surface area contributed by atoms with E-state index in [0.29, 0.717) is 17.0 Å². The smallest absolute Gasteiger partial charge is 0.408 e. The summed E-state index contributed by atoms with van der Waals surface area (Å²) >= 11 is 0. The summed E-state index contributed by atoms with van der Waals surface area (Å²) in [5, 5.41) is 17.6. The molecule has 0 saturated heterocycles. The van der Waals surface area contributed by atoms with Crippen molar-refractivity contribution in [2.45, 2.75) is 46.1 Å². The predicted molar refractivity (Wildman–Crippen MR) is 92.7 cm³/mol. The normalized spacial score (nSPS) is 12.0. The largest absolute Gasteiger partial charge is 0.491 e. The zero-order chi connectivity index (χ0) is 20.5. The summed E-state index contributed by atoms with van der Waals surface area (Å²) in [6, 6.07) is 4.64. The maximum atomic E-state index is 12.9. The number of anilines is 1. The molecule has 3 rings (SSSR count). The summed E-state index contributed by atoms with van der Waals surface area (Å²) in [5.74, 6) is 0.341. The van der Waals surface area contributed by atoms with Gasteiger partial charge in [0.15, 0.2) is 5.82 Å². The Bertz CT molecular complexity index is 994. The number of hydrogen-bond acceptors (Lipinski definition) is 6. The van der Waals surface area contributed by atoms with Gasteiger partial charge in [-0.15, -0.1) is 5.10 Å². The first-order chi connectivity index (χ1) is 13.1. The third kappa shape index (κ3) is 4.56. The fourth-order valence-corrected chi connectivity index (χ4v) is 2.58. The number of halogens is 3. The van der Waals surface area contributed by atoms with Gasteiger partial charge in [-0.3, -0.25) is 9.48 Å². The molecule has 0 unspecified atom stereocenters. The number of rotatable bonds is 6. The highest BCUT2D eigenvalue weighted by atomic mass is 19.4. The van der Waals surface area contributed by atoms with Crippen LogP contribution < -0.4 is 10.1 Å². The molecular weight excluding hydrogens is 379 g/mol. The Balaban J connectivity index is 1.92. The van der Waals surface area contributed by atoms with Gasteiger partial charge in [-0.1, -0.05) is 0 Å². The van der Waals surface area contributed by atoms with Crippen molar-refractivity contribution in [3.05, 3.63) is 24.0 Å². The number of benzene rings is 1. The maximum absolute atomic E-state index is 12.9. The van der Waals surface area contributed by atoms with E-state index in [1.807, 2.05) is 13.8 Å². The van der Waals surface area contributed by atoms with Crippen LogP contribution in [0.3, 0.4) is 0 Å². The van der Waals surface area contributed by atoms with E-state index in [1.165, 1.54) is 10.7 Å². The monoisotopic (exact) mass is 397 g/mol. The Labute approximate surface area is 157 Å². The SMILES string of the molecule is Cc1nnnn1CC(=O)Nc1nn(CC(F)(F)F)c2cc(OC(C)C)ccc12. The molecule has 0 saturated carbocycles. The van der Waals surface area contributed by atoms with E-state index in [1.54, 1.807) is 19.1 Å². The molecule has 1 aromatic carbocycles. The van der Waals surface area contributed by atoms with Crippen LogP contribution in [-0.4, -0.2) is 48.2 Å². The average Bonchev–Trinajstić information content (AvgIpc) is 3.10. The number of carbonyl (C=O) groups excluding carboxylic acids is 1. The molecule has 3 aromatic rings. The Kier molecular flexibility index (Phi) is 5.21. The Morgan fingerprint density at radius 3 is 2.64 bits per heavy atom. The summed E-state index contributed by atoms with van der Waals surface area (Å²) in [5.41, 5.74) is 0.198. The van der Waals surface area contributed by atoms with Crippen molar-refractivity contribution in [2.24, 2.45) is 0 Å². The van der Waals surface area contributed by atoms with Gasteiger partial charge >= 0.3 is 6.18 Å². The van der Waals surface area contributed by atoms with Gasteiger partial charge in [0.25, 0.3) is 0 Å². The van der Waals surface area contributed by atoms with Crippen LogP contribution in [0.25, 0.3) is 10.9 Å². The molecule has 0 aliphatic heterocycles. The minimum absolute atomic E-state index is 0.0195. The maximum Gasteiger partial charge on any atom is 0.408 e. The molecule has 0 aliphatic carbocycles. The summed E-state index contributed by atoms with van der Waals surface area (Å²) in [6.45, 7) is 3.75. The highest BCUT2D eigenvalue weighted by Gasteiger charge is 2.30. The molecule has 12 heteroatoms. The number of amides is 1. The van der Waals surface area contributed by atoms with Gasteiger partial charge < -0.3 is 10.1 Å². The van der Waals surface area contributed by atoms with Crippen LogP contribution in [0.15, 0.2) is 18.2 Å². The number of aromatic nitrogens is 6. The second-order valence-electron chi connectivity index (χ2n) is 6.40. The van der Waals surface area contributed by atoms with Crippen molar-refractivity contribution in [1.82, 2.24) is 30.0 Å². The minimum Gasteiger partial charge on any atom is -0.491 e. The number of aryl methyl sites for hydroxylation is 1. The summed E-state index contributed by atoms with van der Waals surface area (Å²) in [4.78, 5) is 12.3. The van der Waals surface area contributed by atoms with Gasteiger partial charge in [-0.25, -0.2) is 4.68 Å². The zero-order valence-corrected chi connectivity index (χ0v) is 15.4. The second kappa shape index (κ2) is 7.44. The van der Waals surface area contributed by atoms with E-state index < -0.39 is 18.6 Å². The number of tetrazole rings is 1. The molecule has 28 heavy (non-hydrogen) atoms. The summed E-state index contributed by atoms with van der Waals surface area (Å²) in [6.07, 6.45) is -4.62. The Hall–Kier alpha value is -3.18. The molecule has 0 spiro atoms. The van der Waals surface area contributed by atoms with Gasteiger partial charge in [0.05, 0.1) is 11.6 Å². The van der Waals surface area contributed by atoms with Crippen molar-refractivity contribution < 1.29 is 22.7 Å². The van der Waals surface area contributed by atoms with Crippen molar-refractivity contribution in [2.75, 3.05) is 5.32 Å². The van der Waals surface area contributed by atoms with E-state index in [9.17, 15) is 18.0 Å². The Morgan fingerprint density at radius 2 is 2.04 bits per heavy atom. The topological polar surface area (TPSA) is 99.8 Å². The lowest BCUT2D eigenvalue weighted by atomic mass is 10.2. The van der Waals surface area contributed by atoms with Crippen LogP contribution in [0, 0.1) is 6.92 Å². The molecule has 0 fully saturated rings. The molecule has 1 amide bonds. The average molecular weight is 397 g/mol. The first-order valence-corrected chi connectivity index (χ1v) is 8.39. The second-order valence-corrected chi connectivity index (χ2v) is 6.40. The number of ether oxygens (including phenoxy) is 1. The highest BCUT2D eigenvalue weighted by molar-refractivity contribution is 6.00. The predicted octanol–water partition coefficient (Wildman–Crippen LogP) is 2.32. The van der Waals surface area contributed by atoms with Gasteiger partial charge in [0.2, 0.25) is 5.91 Å². The van der Waals surface area contributed by atoms with Crippen LogP contribution in [-0.2, 0) is 17.9 Å². The Morgan fingerprint density at radius 1 is 1.29 bits per heavy atom. The lowest BCUT2D eigenvalue weighted by molar-refractivity contribution is -0.141. The first-order valence-electron chi connectivity index (χ1n) is 8.39. The zero-order valence-electron chi connectivity index (χ0n) is 15.4. The fraction of sp³-hybridized carbons (Fsp3) is 0.438.